The van der Waals surface area contributed by atoms with Crippen molar-refractivity contribution in [2.45, 2.75) is 18.8 Å². The van der Waals surface area contributed by atoms with Crippen LogP contribution in [0.25, 0.3) is 5.52 Å². The molecule has 0 spiro atoms. The summed E-state index contributed by atoms with van der Waals surface area (Å²) in [6, 6.07) is 5.50. The Bertz CT molecular complexity index is 587. The molecule has 0 unspecified atom stereocenters. The third-order valence-corrected chi connectivity index (χ3v) is 3.40. The van der Waals surface area contributed by atoms with Crippen molar-refractivity contribution in [2.75, 3.05) is 0 Å². The van der Waals surface area contributed by atoms with E-state index in [0.717, 1.165) is 23.3 Å². The Morgan fingerprint density at radius 1 is 1.50 bits per heavy atom. The van der Waals surface area contributed by atoms with E-state index >= 15 is 0 Å². The molecule has 1 aliphatic rings. The zero-order valence-electron chi connectivity index (χ0n) is 8.35. The molecule has 16 heavy (non-hydrogen) atoms. The predicted octanol–water partition coefficient (Wildman–Crippen LogP) is 2.67. The van der Waals surface area contributed by atoms with E-state index in [1.165, 1.54) is 0 Å². The van der Waals surface area contributed by atoms with Crippen LogP contribution in [0.3, 0.4) is 0 Å². The molecular weight excluding hydrogens is 272 g/mol. The number of aromatic carboxylic acids is 1. The van der Waals surface area contributed by atoms with Gasteiger partial charge in [-0.3, -0.25) is 4.40 Å². The van der Waals surface area contributed by atoms with Crippen LogP contribution in [-0.2, 0) is 0 Å². The van der Waals surface area contributed by atoms with Gasteiger partial charge in [-0.25, -0.2) is 9.78 Å². The monoisotopic (exact) mass is 280 g/mol. The first-order valence-electron chi connectivity index (χ1n) is 5.08. The molecule has 1 fully saturated rings. The number of carboxylic acid groups (broad SMARTS) is 1. The molecule has 0 bridgehead atoms. The first-order chi connectivity index (χ1) is 7.68. The molecule has 1 aliphatic carbocycles. The lowest BCUT2D eigenvalue weighted by Crippen LogP contribution is -1.97. The highest BCUT2D eigenvalue weighted by atomic mass is 79.9. The Labute approximate surface area is 100 Å². The highest BCUT2D eigenvalue weighted by molar-refractivity contribution is 9.10. The molecule has 82 valence electrons. The maximum Gasteiger partial charge on any atom is 0.356 e. The van der Waals surface area contributed by atoms with Crippen molar-refractivity contribution in [3.05, 3.63) is 34.3 Å². The van der Waals surface area contributed by atoms with Gasteiger partial charge in [0, 0.05) is 5.92 Å². The van der Waals surface area contributed by atoms with Crippen molar-refractivity contribution in [1.82, 2.24) is 9.38 Å². The van der Waals surface area contributed by atoms with Gasteiger partial charge in [-0.05, 0) is 40.9 Å². The molecule has 0 atom stereocenters. The van der Waals surface area contributed by atoms with E-state index in [9.17, 15) is 4.79 Å². The molecule has 2 heterocycles. The molecule has 3 rings (SSSR count). The zero-order chi connectivity index (χ0) is 11.3. The molecule has 1 N–H and O–H groups in total. The second-order valence-electron chi connectivity index (χ2n) is 3.97. The maximum atomic E-state index is 11.1. The zero-order valence-corrected chi connectivity index (χ0v) is 9.94. The van der Waals surface area contributed by atoms with Crippen LogP contribution in [0, 0.1) is 0 Å². The number of carbonyl (C=O) groups is 1. The van der Waals surface area contributed by atoms with Crippen LogP contribution in [-0.4, -0.2) is 20.5 Å². The Balaban J connectivity index is 2.37. The highest BCUT2D eigenvalue weighted by Crippen LogP contribution is 2.40. The molecule has 4 nitrogen and oxygen atoms in total. The Kier molecular flexibility index (Phi) is 2.04. The van der Waals surface area contributed by atoms with Crippen LogP contribution in [0.2, 0.25) is 0 Å². The quantitative estimate of drug-likeness (QED) is 0.861. The van der Waals surface area contributed by atoms with Crippen molar-refractivity contribution in [2.24, 2.45) is 0 Å². The fourth-order valence-corrected chi connectivity index (χ4v) is 2.42. The Morgan fingerprint density at radius 2 is 2.25 bits per heavy atom. The van der Waals surface area contributed by atoms with Crippen molar-refractivity contribution in [3.63, 3.8) is 0 Å². The molecule has 1 saturated carbocycles. The minimum absolute atomic E-state index is 0.142. The van der Waals surface area contributed by atoms with E-state index in [0.29, 0.717) is 11.4 Å². The number of fused-ring (bicyclic) bond motifs is 1. The largest absolute Gasteiger partial charge is 0.476 e. The van der Waals surface area contributed by atoms with Gasteiger partial charge in [0.2, 0.25) is 0 Å². The van der Waals surface area contributed by atoms with Gasteiger partial charge in [-0.1, -0.05) is 6.07 Å². The number of hydrogen-bond acceptors (Lipinski definition) is 2. The molecule has 0 aromatic carbocycles. The van der Waals surface area contributed by atoms with Gasteiger partial charge in [0.25, 0.3) is 0 Å². The summed E-state index contributed by atoms with van der Waals surface area (Å²) in [7, 11) is 0. The van der Waals surface area contributed by atoms with Crippen LogP contribution in [0.4, 0.5) is 0 Å². The fraction of sp³-hybridized carbons (Fsp3) is 0.273. The number of rotatable bonds is 2. The van der Waals surface area contributed by atoms with Crippen LogP contribution in [0.5, 0.6) is 0 Å². The lowest BCUT2D eigenvalue weighted by molar-refractivity contribution is 0.0693. The summed E-state index contributed by atoms with van der Waals surface area (Å²) in [6.07, 6.45) is 2.19. The SMILES string of the molecule is O=C(O)c1nc(C2CC2)n2c(Br)cccc12. The summed E-state index contributed by atoms with van der Waals surface area (Å²) in [5, 5.41) is 9.10. The highest BCUT2D eigenvalue weighted by Gasteiger charge is 2.31. The molecule has 0 radical (unpaired) electrons. The molecular formula is C11H9BrN2O2. The van der Waals surface area contributed by atoms with Crippen molar-refractivity contribution in [3.8, 4) is 0 Å². The van der Waals surface area contributed by atoms with Gasteiger partial charge in [-0.15, -0.1) is 0 Å². The Morgan fingerprint density at radius 3 is 2.88 bits per heavy atom. The minimum atomic E-state index is -0.970. The minimum Gasteiger partial charge on any atom is -0.476 e. The summed E-state index contributed by atoms with van der Waals surface area (Å²) < 4.78 is 2.74. The standard InChI is InChI=1S/C11H9BrN2O2/c12-8-3-1-2-7-9(11(15)16)13-10(14(7)8)6-4-5-6/h1-3,6H,4-5H2,(H,15,16). The third kappa shape index (κ3) is 1.35. The summed E-state index contributed by atoms with van der Waals surface area (Å²) >= 11 is 3.44. The average Bonchev–Trinajstić information content (AvgIpc) is 2.99. The van der Waals surface area contributed by atoms with E-state index in [2.05, 4.69) is 20.9 Å². The number of halogens is 1. The average molecular weight is 281 g/mol. The molecule has 2 aromatic rings. The fourth-order valence-electron chi connectivity index (χ4n) is 1.90. The van der Waals surface area contributed by atoms with Crippen LogP contribution >= 0.6 is 15.9 Å². The topological polar surface area (TPSA) is 54.6 Å². The van der Waals surface area contributed by atoms with E-state index < -0.39 is 5.97 Å². The van der Waals surface area contributed by atoms with E-state index in [-0.39, 0.29) is 5.69 Å². The van der Waals surface area contributed by atoms with Gasteiger partial charge in [0.1, 0.15) is 5.82 Å². The predicted molar refractivity (Wildman–Crippen MR) is 61.8 cm³/mol. The third-order valence-electron chi connectivity index (χ3n) is 2.79. The van der Waals surface area contributed by atoms with Gasteiger partial charge < -0.3 is 5.11 Å². The van der Waals surface area contributed by atoms with E-state index in [1.54, 1.807) is 6.07 Å². The first-order valence-corrected chi connectivity index (χ1v) is 5.88. The molecule has 5 heteroatoms. The number of hydrogen-bond donors (Lipinski definition) is 1. The first kappa shape index (κ1) is 9.84. The molecule has 2 aromatic heterocycles. The molecule has 0 aliphatic heterocycles. The lowest BCUT2D eigenvalue weighted by atomic mass is 10.3. The maximum absolute atomic E-state index is 11.1. The van der Waals surface area contributed by atoms with E-state index in [4.69, 9.17) is 5.11 Å². The number of imidazole rings is 1. The van der Waals surface area contributed by atoms with Crippen molar-refractivity contribution >= 4 is 27.4 Å². The number of nitrogens with zero attached hydrogens (tertiary/aromatic N) is 2. The van der Waals surface area contributed by atoms with Crippen LogP contribution in [0.1, 0.15) is 35.1 Å². The van der Waals surface area contributed by atoms with Gasteiger partial charge in [0.05, 0.1) is 10.1 Å². The summed E-state index contributed by atoms with van der Waals surface area (Å²) in [5.41, 5.74) is 0.798. The number of carboxylic acids is 1. The van der Waals surface area contributed by atoms with Crippen molar-refractivity contribution in [1.29, 1.82) is 0 Å². The number of aromatic nitrogens is 2. The van der Waals surface area contributed by atoms with Crippen LogP contribution < -0.4 is 0 Å². The summed E-state index contributed by atoms with van der Waals surface area (Å²) in [5.74, 6) is 0.307. The second kappa shape index (κ2) is 3.31. The number of pyridine rings is 1. The lowest BCUT2D eigenvalue weighted by Gasteiger charge is -2.01. The summed E-state index contributed by atoms with van der Waals surface area (Å²) in [4.78, 5) is 15.3. The molecule has 0 saturated heterocycles. The summed E-state index contributed by atoms with van der Waals surface area (Å²) in [6.45, 7) is 0. The Hall–Kier alpha value is -1.36. The normalized spacial score (nSPS) is 15.6. The molecule has 0 amide bonds. The van der Waals surface area contributed by atoms with Crippen molar-refractivity contribution < 1.29 is 9.90 Å². The van der Waals surface area contributed by atoms with Gasteiger partial charge in [0.15, 0.2) is 5.69 Å². The second-order valence-corrected chi connectivity index (χ2v) is 4.78. The smallest absolute Gasteiger partial charge is 0.356 e. The van der Waals surface area contributed by atoms with Crippen LogP contribution in [0.15, 0.2) is 22.8 Å². The van der Waals surface area contributed by atoms with E-state index in [1.807, 2.05) is 16.5 Å². The van der Waals surface area contributed by atoms with Gasteiger partial charge in [-0.2, -0.15) is 0 Å². The van der Waals surface area contributed by atoms with Gasteiger partial charge >= 0.3 is 5.97 Å².